The van der Waals surface area contributed by atoms with Gasteiger partial charge in [-0.1, -0.05) is 12.1 Å². The molecule has 2 aliphatic heterocycles. The SMILES string of the molecule is COc1ccccc1OC1CN(C(=O)CC2COCCN2)C1.Cl. The van der Waals surface area contributed by atoms with Crippen molar-refractivity contribution in [2.75, 3.05) is 40.0 Å². The van der Waals surface area contributed by atoms with Gasteiger partial charge in [-0.2, -0.15) is 0 Å². The Kier molecular flexibility index (Phi) is 6.50. The van der Waals surface area contributed by atoms with Gasteiger partial charge in [-0.15, -0.1) is 12.4 Å². The van der Waals surface area contributed by atoms with Crippen LogP contribution in [0.1, 0.15) is 6.42 Å². The average Bonchev–Trinajstić information content (AvgIpc) is 2.51. The molecule has 7 heteroatoms. The van der Waals surface area contributed by atoms with Gasteiger partial charge in [0.15, 0.2) is 11.5 Å². The standard InChI is InChI=1S/C16H22N2O4.ClH/c1-20-14-4-2-3-5-15(14)22-13-9-18(10-13)16(19)8-12-11-21-7-6-17-12;/h2-5,12-13,17H,6-11H2,1H3;1H. The number of likely N-dealkylation sites (tertiary alicyclic amines) is 1. The Bertz CT molecular complexity index is 517. The van der Waals surface area contributed by atoms with Crippen molar-refractivity contribution in [3.05, 3.63) is 24.3 Å². The molecule has 1 aromatic carbocycles. The first-order chi connectivity index (χ1) is 10.8. The van der Waals surface area contributed by atoms with Crippen molar-refractivity contribution in [3.63, 3.8) is 0 Å². The Balaban J connectivity index is 0.00000192. The molecule has 6 nitrogen and oxygen atoms in total. The van der Waals surface area contributed by atoms with Gasteiger partial charge in [0.2, 0.25) is 5.91 Å². The average molecular weight is 343 g/mol. The number of nitrogens with one attached hydrogen (secondary N) is 1. The van der Waals surface area contributed by atoms with Gasteiger partial charge in [-0.05, 0) is 12.1 Å². The summed E-state index contributed by atoms with van der Waals surface area (Å²) >= 11 is 0. The van der Waals surface area contributed by atoms with Crippen LogP contribution in [-0.2, 0) is 9.53 Å². The molecule has 0 aliphatic carbocycles. The van der Waals surface area contributed by atoms with E-state index in [1.807, 2.05) is 29.2 Å². The summed E-state index contributed by atoms with van der Waals surface area (Å²) in [6.07, 6.45) is 0.525. The number of methoxy groups -OCH3 is 1. The number of benzene rings is 1. The van der Waals surface area contributed by atoms with E-state index in [9.17, 15) is 4.79 Å². The molecule has 1 amide bonds. The fourth-order valence-corrected chi connectivity index (χ4v) is 2.70. The molecule has 1 unspecified atom stereocenters. The van der Waals surface area contributed by atoms with E-state index in [-0.39, 0.29) is 30.5 Å². The molecule has 1 aromatic rings. The summed E-state index contributed by atoms with van der Waals surface area (Å²) in [5, 5.41) is 3.30. The Morgan fingerprint density at radius 3 is 2.74 bits per heavy atom. The van der Waals surface area contributed by atoms with Crippen LogP contribution in [0.25, 0.3) is 0 Å². The van der Waals surface area contributed by atoms with Crippen LogP contribution in [0.2, 0.25) is 0 Å². The van der Waals surface area contributed by atoms with Crippen molar-refractivity contribution in [2.45, 2.75) is 18.6 Å². The Hall–Kier alpha value is -1.50. The van der Waals surface area contributed by atoms with Crippen LogP contribution >= 0.6 is 12.4 Å². The summed E-state index contributed by atoms with van der Waals surface area (Å²) in [4.78, 5) is 14.0. The molecule has 3 rings (SSSR count). The number of halogens is 1. The maximum absolute atomic E-state index is 12.2. The normalized spacial score (nSPS) is 21.1. The molecule has 1 atom stereocenters. The molecule has 128 valence electrons. The predicted octanol–water partition coefficient (Wildman–Crippen LogP) is 1.09. The number of para-hydroxylation sites is 2. The van der Waals surface area contributed by atoms with Crippen molar-refractivity contribution >= 4 is 18.3 Å². The second-order valence-electron chi connectivity index (χ2n) is 5.62. The lowest BCUT2D eigenvalue weighted by Gasteiger charge is -2.40. The smallest absolute Gasteiger partial charge is 0.224 e. The van der Waals surface area contributed by atoms with Crippen LogP contribution in [0.5, 0.6) is 11.5 Å². The first-order valence-corrected chi connectivity index (χ1v) is 7.65. The van der Waals surface area contributed by atoms with E-state index in [2.05, 4.69) is 5.32 Å². The monoisotopic (exact) mass is 342 g/mol. The van der Waals surface area contributed by atoms with Crippen LogP contribution in [0.15, 0.2) is 24.3 Å². The molecule has 0 radical (unpaired) electrons. The van der Waals surface area contributed by atoms with Gasteiger partial charge < -0.3 is 24.4 Å². The first kappa shape index (κ1) is 17.8. The van der Waals surface area contributed by atoms with Crippen LogP contribution in [-0.4, -0.2) is 62.9 Å². The third-order valence-electron chi connectivity index (χ3n) is 3.98. The van der Waals surface area contributed by atoms with Crippen molar-refractivity contribution < 1.29 is 19.0 Å². The molecule has 0 bridgehead atoms. The van der Waals surface area contributed by atoms with Crippen molar-refractivity contribution in [2.24, 2.45) is 0 Å². The molecule has 0 aromatic heterocycles. The lowest BCUT2D eigenvalue weighted by molar-refractivity contribution is -0.141. The van der Waals surface area contributed by atoms with E-state index in [1.54, 1.807) is 7.11 Å². The lowest BCUT2D eigenvalue weighted by atomic mass is 10.1. The Morgan fingerprint density at radius 2 is 2.09 bits per heavy atom. The van der Waals surface area contributed by atoms with Crippen LogP contribution in [0.3, 0.4) is 0 Å². The number of hydrogen-bond acceptors (Lipinski definition) is 5. The molecule has 2 saturated heterocycles. The second kappa shape index (κ2) is 8.38. The third-order valence-corrected chi connectivity index (χ3v) is 3.98. The Morgan fingerprint density at radius 1 is 1.35 bits per heavy atom. The molecule has 0 spiro atoms. The van der Waals surface area contributed by atoms with E-state index in [4.69, 9.17) is 14.2 Å². The highest BCUT2D eigenvalue weighted by molar-refractivity contribution is 5.85. The zero-order valence-corrected chi connectivity index (χ0v) is 14.0. The minimum atomic E-state index is 0. The van der Waals surface area contributed by atoms with E-state index in [0.29, 0.717) is 26.1 Å². The summed E-state index contributed by atoms with van der Waals surface area (Å²) in [5.41, 5.74) is 0. The maximum atomic E-state index is 12.2. The fourth-order valence-electron chi connectivity index (χ4n) is 2.70. The number of ether oxygens (including phenoxy) is 3. The summed E-state index contributed by atoms with van der Waals surface area (Å²) in [7, 11) is 1.62. The summed E-state index contributed by atoms with van der Waals surface area (Å²) in [6.45, 7) is 3.41. The van der Waals surface area contributed by atoms with Gasteiger partial charge in [-0.3, -0.25) is 4.79 Å². The fraction of sp³-hybridized carbons (Fsp3) is 0.562. The first-order valence-electron chi connectivity index (χ1n) is 7.65. The van der Waals surface area contributed by atoms with E-state index >= 15 is 0 Å². The van der Waals surface area contributed by atoms with E-state index in [1.165, 1.54) is 0 Å². The van der Waals surface area contributed by atoms with Crippen LogP contribution in [0, 0.1) is 0 Å². The number of carbonyl (C=O) groups is 1. The minimum Gasteiger partial charge on any atom is -0.493 e. The van der Waals surface area contributed by atoms with Gasteiger partial charge in [0.05, 0.1) is 33.4 Å². The molecular formula is C16H23ClN2O4. The molecule has 0 saturated carbocycles. The molecule has 23 heavy (non-hydrogen) atoms. The Labute approximate surface area is 142 Å². The van der Waals surface area contributed by atoms with E-state index in [0.717, 1.165) is 24.7 Å². The highest BCUT2D eigenvalue weighted by atomic mass is 35.5. The highest BCUT2D eigenvalue weighted by Crippen LogP contribution is 2.28. The van der Waals surface area contributed by atoms with E-state index < -0.39 is 0 Å². The van der Waals surface area contributed by atoms with Crippen molar-refractivity contribution in [1.29, 1.82) is 0 Å². The third kappa shape index (κ3) is 4.50. The number of carbonyl (C=O) groups excluding carboxylic acids is 1. The zero-order valence-electron chi connectivity index (χ0n) is 13.2. The molecule has 2 aliphatic rings. The molecule has 2 heterocycles. The molecule has 2 fully saturated rings. The van der Waals surface area contributed by atoms with Gasteiger partial charge in [0, 0.05) is 19.0 Å². The second-order valence-corrected chi connectivity index (χ2v) is 5.62. The minimum absolute atomic E-state index is 0. The van der Waals surface area contributed by atoms with Crippen molar-refractivity contribution in [1.82, 2.24) is 10.2 Å². The number of amides is 1. The van der Waals surface area contributed by atoms with Gasteiger partial charge in [-0.25, -0.2) is 0 Å². The number of nitrogens with zero attached hydrogens (tertiary/aromatic N) is 1. The topological polar surface area (TPSA) is 60.0 Å². The van der Waals surface area contributed by atoms with Gasteiger partial charge in [0.1, 0.15) is 6.10 Å². The summed E-state index contributed by atoms with van der Waals surface area (Å²) < 4.78 is 16.5. The zero-order chi connectivity index (χ0) is 15.4. The maximum Gasteiger partial charge on any atom is 0.224 e. The number of rotatable bonds is 5. The quantitative estimate of drug-likeness (QED) is 0.868. The van der Waals surface area contributed by atoms with Gasteiger partial charge >= 0.3 is 0 Å². The summed E-state index contributed by atoms with van der Waals surface area (Å²) in [6, 6.07) is 7.70. The van der Waals surface area contributed by atoms with Crippen LogP contribution < -0.4 is 14.8 Å². The number of morpholine rings is 1. The summed E-state index contributed by atoms with van der Waals surface area (Å²) in [5.74, 6) is 1.60. The van der Waals surface area contributed by atoms with Gasteiger partial charge in [0.25, 0.3) is 0 Å². The predicted molar refractivity (Wildman–Crippen MR) is 88.5 cm³/mol. The molecule has 1 N–H and O–H groups in total. The lowest BCUT2D eigenvalue weighted by Crippen LogP contribution is -2.57. The highest BCUT2D eigenvalue weighted by Gasteiger charge is 2.33. The molecular weight excluding hydrogens is 320 g/mol. The largest absolute Gasteiger partial charge is 0.493 e. The van der Waals surface area contributed by atoms with Crippen LogP contribution in [0.4, 0.5) is 0 Å². The van der Waals surface area contributed by atoms with Crippen molar-refractivity contribution in [3.8, 4) is 11.5 Å². The number of hydrogen-bond donors (Lipinski definition) is 1.